The van der Waals surface area contributed by atoms with Crippen molar-refractivity contribution in [2.45, 2.75) is 26.3 Å². The molecule has 2 rings (SSSR count). The van der Waals surface area contributed by atoms with Gasteiger partial charge >= 0.3 is 5.97 Å². The summed E-state index contributed by atoms with van der Waals surface area (Å²) in [5.41, 5.74) is -0.404. The molecule has 118 valence electrons. The van der Waals surface area contributed by atoms with Crippen LogP contribution in [0.3, 0.4) is 0 Å². The first-order valence-electron chi connectivity index (χ1n) is 6.47. The molecular formula is C13H13F3N4O2. The van der Waals surface area contributed by atoms with Crippen molar-refractivity contribution in [2.75, 3.05) is 0 Å². The first kappa shape index (κ1) is 15.9. The summed E-state index contributed by atoms with van der Waals surface area (Å²) >= 11 is 0. The molecule has 1 N–H and O–H groups in total. The second-order valence-corrected chi connectivity index (χ2v) is 5.15. The minimum Gasteiger partial charge on any atom is -0.480 e. The van der Waals surface area contributed by atoms with E-state index < -0.39 is 35.0 Å². The van der Waals surface area contributed by atoms with Crippen molar-refractivity contribution in [3.8, 4) is 11.4 Å². The largest absolute Gasteiger partial charge is 0.480 e. The number of hydrogen-bond acceptors (Lipinski definition) is 4. The van der Waals surface area contributed by atoms with Crippen LogP contribution in [-0.4, -0.2) is 31.3 Å². The zero-order chi connectivity index (χ0) is 16.4. The molecule has 2 aromatic rings. The van der Waals surface area contributed by atoms with Crippen LogP contribution >= 0.6 is 0 Å². The average molecular weight is 314 g/mol. The van der Waals surface area contributed by atoms with Gasteiger partial charge in [-0.1, -0.05) is 13.8 Å². The third-order valence-electron chi connectivity index (χ3n) is 3.04. The SMILES string of the molecule is CC(C)CC(C(=O)O)n1nnnc1-c1ccc(F)c(F)c1F. The number of carboxylic acids is 1. The third-order valence-corrected chi connectivity index (χ3v) is 3.04. The van der Waals surface area contributed by atoms with Gasteiger partial charge in [0, 0.05) is 0 Å². The summed E-state index contributed by atoms with van der Waals surface area (Å²) in [5, 5.41) is 19.7. The summed E-state index contributed by atoms with van der Waals surface area (Å²) in [6.07, 6.45) is 0.193. The molecule has 0 aliphatic heterocycles. The first-order valence-corrected chi connectivity index (χ1v) is 6.47. The third kappa shape index (κ3) is 2.92. The van der Waals surface area contributed by atoms with Gasteiger partial charge in [0.2, 0.25) is 0 Å². The molecule has 6 nitrogen and oxygen atoms in total. The maximum absolute atomic E-state index is 13.9. The van der Waals surface area contributed by atoms with Crippen molar-refractivity contribution in [2.24, 2.45) is 5.92 Å². The van der Waals surface area contributed by atoms with E-state index in [2.05, 4.69) is 15.5 Å². The van der Waals surface area contributed by atoms with Gasteiger partial charge in [-0.05, 0) is 34.9 Å². The number of tetrazole rings is 1. The molecule has 9 heteroatoms. The monoisotopic (exact) mass is 314 g/mol. The Bertz CT molecular complexity index is 703. The molecule has 1 heterocycles. The maximum atomic E-state index is 13.9. The Morgan fingerprint density at radius 3 is 2.55 bits per heavy atom. The van der Waals surface area contributed by atoms with E-state index in [9.17, 15) is 23.1 Å². The standard InChI is InChI=1S/C13H13F3N4O2/c1-6(2)5-9(13(21)22)20-12(17-18-19-20)7-3-4-8(14)11(16)10(7)15/h3-4,6,9H,5H2,1-2H3,(H,21,22). The lowest BCUT2D eigenvalue weighted by Crippen LogP contribution is -2.23. The van der Waals surface area contributed by atoms with Crippen LogP contribution in [0.2, 0.25) is 0 Å². The van der Waals surface area contributed by atoms with Crippen molar-refractivity contribution >= 4 is 5.97 Å². The molecule has 0 fully saturated rings. The highest BCUT2D eigenvalue weighted by Crippen LogP contribution is 2.27. The van der Waals surface area contributed by atoms with Gasteiger partial charge in [0.15, 0.2) is 29.3 Å². The zero-order valence-electron chi connectivity index (χ0n) is 11.8. The molecule has 0 saturated heterocycles. The Kier molecular flexibility index (Phi) is 4.43. The second-order valence-electron chi connectivity index (χ2n) is 5.15. The van der Waals surface area contributed by atoms with Gasteiger partial charge in [-0.25, -0.2) is 22.6 Å². The van der Waals surface area contributed by atoms with Gasteiger partial charge in [-0.3, -0.25) is 0 Å². The lowest BCUT2D eigenvalue weighted by Gasteiger charge is -2.16. The van der Waals surface area contributed by atoms with E-state index in [0.29, 0.717) is 0 Å². The van der Waals surface area contributed by atoms with Crippen LogP contribution in [0.4, 0.5) is 13.2 Å². The van der Waals surface area contributed by atoms with E-state index in [0.717, 1.165) is 16.8 Å². The summed E-state index contributed by atoms with van der Waals surface area (Å²) in [4.78, 5) is 11.4. The number of carbonyl (C=O) groups is 1. The molecule has 1 unspecified atom stereocenters. The summed E-state index contributed by atoms with van der Waals surface area (Å²) in [7, 11) is 0. The van der Waals surface area contributed by atoms with Crippen LogP contribution in [0, 0.1) is 23.4 Å². The van der Waals surface area contributed by atoms with Crippen LogP contribution in [0.5, 0.6) is 0 Å². The molecule has 1 atom stereocenters. The number of hydrogen-bond donors (Lipinski definition) is 1. The fourth-order valence-electron chi connectivity index (χ4n) is 2.03. The van der Waals surface area contributed by atoms with Gasteiger partial charge in [0.05, 0.1) is 5.56 Å². The predicted molar refractivity (Wildman–Crippen MR) is 69.3 cm³/mol. The minimum absolute atomic E-state index is 0.00736. The molecule has 0 saturated carbocycles. The molecule has 0 spiro atoms. The summed E-state index contributed by atoms with van der Waals surface area (Å²) in [6, 6.07) is 0.549. The Labute approximate surface area is 123 Å². The minimum atomic E-state index is -1.66. The van der Waals surface area contributed by atoms with Crippen LogP contribution in [0.1, 0.15) is 26.3 Å². The molecule has 0 aliphatic rings. The Morgan fingerprint density at radius 2 is 1.95 bits per heavy atom. The van der Waals surface area contributed by atoms with Crippen molar-refractivity contribution in [1.29, 1.82) is 0 Å². The van der Waals surface area contributed by atoms with E-state index >= 15 is 0 Å². The highest BCUT2D eigenvalue weighted by atomic mass is 19.2. The topological polar surface area (TPSA) is 80.9 Å². The fraction of sp³-hybridized carbons (Fsp3) is 0.385. The average Bonchev–Trinajstić information content (AvgIpc) is 2.90. The summed E-state index contributed by atoms with van der Waals surface area (Å²) in [5.74, 6) is -5.95. The molecular weight excluding hydrogens is 301 g/mol. The number of benzene rings is 1. The van der Waals surface area contributed by atoms with E-state index in [-0.39, 0.29) is 18.2 Å². The predicted octanol–water partition coefficient (Wildman–Crippen LogP) is 2.43. The highest BCUT2D eigenvalue weighted by molar-refractivity contribution is 5.73. The maximum Gasteiger partial charge on any atom is 0.328 e. The van der Waals surface area contributed by atoms with Crippen molar-refractivity contribution in [1.82, 2.24) is 20.2 Å². The number of aliphatic carboxylic acids is 1. The Morgan fingerprint density at radius 1 is 1.27 bits per heavy atom. The molecule has 0 amide bonds. The van der Waals surface area contributed by atoms with E-state index in [1.54, 1.807) is 13.8 Å². The van der Waals surface area contributed by atoms with Crippen LogP contribution in [-0.2, 0) is 4.79 Å². The zero-order valence-corrected chi connectivity index (χ0v) is 11.8. The molecule has 1 aromatic carbocycles. The smallest absolute Gasteiger partial charge is 0.328 e. The van der Waals surface area contributed by atoms with Gasteiger partial charge in [0.25, 0.3) is 0 Å². The number of carboxylic acid groups (broad SMARTS) is 1. The highest BCUT2D eigenvalue weighted by Gasteiger charge is 2.28. The first-order chi connectivity index (χ1) is 10.3. The lowest BCUT2D eigenvalue weighted by atomic mass is 10.0. The van der Waals surface area contributed by atoms with Gasteiger partial charge in [-0.2, -0.15) is 0 Å². The number of aromatic nitrogens is 4. The van der Waals surface area contributed by atoms with Gasteiger partial charge < -0.3 is 5.11 Å². The van der Waals surface area contributed by atoms with Crippen molar-refractivity contribution in [3.05, 3.63) is 29.6 Å². The summed E-state index contributed by atoms with van der Waals surface area (Å²) < 4.78 is 41.1. The fourth-order valence-corrected chi connectivity index (χ4v) is 2.03. The number of rotatable bonds is 5. The molecule has 22 heavy (non-hydrogen) atoms. The van der Waals surface area contributed by atoms with Crippen molar-refractivity contribution in [3.63, 3.8) is 0 Å². The van der Waals surface area contributed by atoms with Gasteiger partial charge in [0.1, 0.15) is 0 Å². The molecule has 1 aromatic heterocycles. The van der Waals surface area contributed by atoms with Crippen molar-refractivity contribution < 1.29 is 23.1 Å². The quantitative estimate of drug-likeness (QED) is 0.857. The van der Waals surface area contributed by atoms with Crippen LogP contribution in [0.25, 0.3) is 11.4 Å². The van der Waals surface area contributed by atoms with Gasteiger partial charge in [-0.15, -0.1) is 5.10 Å². The van der Waals surface area contributed by atoms with E-state index in [1.165, 1.54) is 0 Å². The van der Waals surface area contributed by atoms with E-state index in [1.807, 2.05) is 0 Å². The molecule has 0 radical (unpaired) electrons. The second kappa shape index (κ2) is 6.12. The molecule has 0 aliphatic carbocycles. The number of nitrogens with zero attached hydrogens (tertiary/aromatic N) is 4. The number of halogens is 3. The normalized spacial score (nSPS) is 12.6. The van der Waals surface area contributed by atoms with E-state index in [4.69, 9.17) is 0 Å². The van der Waals surface area contributed by atoms with Crippen LogP contribution < -0.4 is 0 Å². The summed E-state index contributed by atoms with van der Waals surface area (Å²) in [6.45, 7) is 3.61. The Balaban J connectivity index is 2.54. The Hall–Kier alpha value is -2.45. The lowest BCUT2D eigenvalue weighted by molar-refractivity contribution is -0.141. The molecule has 0 bridgehead atoms. The van der Waals surface area contributed by atoms with Crippen LogP contribution in [0.15, 0.2) is 12.1 Å².